The molecule has 0 unspecified atom stereocenters. The molecule has 1 aromatic heterocycles. The minimum atomic E-state index is -0.889. The molecule has 166 valence electrons. The highest BCUT2D eigenvalue weighted by Gasteiger charge is 2.43. The van der Waals surface area contributed by atoms with Gasteiger partial charge in [-0.2, -0.15) is 0 Å². The Kier molecular flexibility index (Phi) is 4.80. The first kappa shape index (κ1) is 20.7. The standard InChI is InChI=1S/C25H23F2NO4/c1-13-7-9-25(10-8-13)12-18(29)22-20(32-25)6-5-19-21(22)14(2)23(31-19)24(30)28-17-4-3-15(26)11-16(17)27/h3-6,11,13H,7-10,12H2,1-2H3,(H,28,30). The number of nitrogens with one attached hydrogen (secondary N) is 1. The predicted octanol–water partition coefficient (Wildman–Crippen LogP) is 6.19. The van der Waals surface area contributed by atoms with E-state index in [0.29, 0.717) is 46.3 Å². The summed E-state index contributed by atoms with van der Waals surface area (Å²) in [5.74, 6) is -1.21. The molecule has 0 radical (unpaired) electrons. The number of furan rings is 1. The highest BCUT2D eigenvalue weighted by Crippen LogP contribution is 2.46. The van der Waals surface area contributed by atoms with Crippen molar-refractivity contribution in [3.63, 3.8) is 0 Å². The van der Waals surface area contributed by atoms with E-state index in [-0.39, 0.29) is 17.2 Å². The molecule has 2 aromatic carbocycles. The first-order valence-electron chi connectivity index (χ1n) is 10.8. The van der Waals surface area contributed by atoms with Crippen molar-refractivity contribution >= 4 is 28.3 Å². The minimum Gasteiger partial charge on any atom is -0.486 e. The van der Waals surface area contributed by atoms with Gasteiger partial charge in [-0.05, 0) is 62.8 Å². The van der Waals surface area contributed by atoms with E-state index < -0.39 is 23.1 Å². The predicted molar refractivity (Wildman–Crippen MR) is 115 cm³/mol. The Hall–Kier alpha value is -3.22. The van der Waals surface area contributed by atoms with Crippen LogP contribution in [0.2, 0.25) is 0 Å². The van der Waals surface area contributed by atoms with Gasteiger partial charge in [0.2, 0.25) is 0 Å². The molecule has 0 saturated heterocycles. The van der Waals surface area contributed by atoms with Crippen LogP contribution in [-0.2, 0) is 0 Å². The molecular weight excluding hydrogens is 416 g/mol. The van der Waals surface area contributed by atoms with Crippen LogP contribution in [0.1, 0.15) is 65.5 Å². The van der Waals surface area contributed by atoms with Crippen molar-refractivity contribution in [3.05, 3.63) is 58.9 Å². The summed E-state index contributed by atoms with van der Waals surface area (Å²) in [6, 6.07) is 6.30. The van der Waals surface area contributed by atoms with Gasteiger partial charge in [0.25, 0.3) is 5.91 Å². The lowest BCUT2D eigenvalue weighted by Gasteiger charge is -2.42. The Labute approximate surface area is 183 Å². The Morgan fingerprint density at radius 1 is 1.16 bits per heavy atom. The van der Waals surface area contributed by atoms with Gasteiger partial charge in [-0.25, -0.2) is 8.78 Å². The molecule has 3 aromatic rings. The Morgan fingerprint density at radius 2 is 1.91 bits per heavy atom. The van der Waals surface area contributed by atoms with E-state index >= 15 is 0 Å². The van der Waals surface area contributed by atoms with Crippen molar-refractivity contribution in [2.45, 2.75) is 51.6 Å². The number of carbonyl (C=O) groups excluding carboxylic acids is 2. The van der Waals surface area contributed by atoms with Crippen molar-refractivity contribution in [3.8, 4) is 5.75 Å². The van der Waals surface area contributed by atoms with Gasteiger partial charge < -0.3 is 14.5 Å². The highest BCUT2D eigenvalue weighted by molar-refractivity contribution is 6.14. The van der Waals surface area contributed by atoms with Gasteiger partial charge in [0.1, 0.15) is 28.6 Å². The molecule has 1 saturated carbocycles. The van der Waals surface area contributed by atoms with E-state index in [2.05, 4.69) is 12.2 Å². The van der Waals surface area contributed by atoms with E-state index in [1.165, 1.54) is 0 Å². The summed E-state index contributed by atoms with van der Waals surface area (Å²) in [6.45, 7) is 3.90. The molecule has 1 N–H and O–H groups in total. The van der Waals surface area contributed by atoms with Crippen LogP contribution in [0.5, 0.6) is 5.75 Å². The third-order valence-corrected chi connectivity index (χ3v) is 6.72. The molecule has 1 spiro atoms. The first-order valence-corrected chi connectivity index (χ1v) is 10.8. The number of benzene rings is 2. The van der Waals surface area contributed by atoms with Gasteiger partial charge in [0.15, 0.2) is 11.5 Å². The van der Waals surface area contributed by atoms with Crippen LogP contribution in [0.15, 0.2) is 34.7 Å². The number of carbonyl (C=O) groups is 2. The van der Waals surface area contributed by atoms with Crippen molar-refractivity contribution in [2.24, 2.45) is 5.92 Å². The van der Waals surface area contributed by atoms with Crippen LogP contribution in [0.3, 0.4) is 0 Å². The van der Waals surface area contributed by atoms with E-state index in [4.69, 9.17) is 9.15 Å². The van der Waals surface area contributed by atoms with Crippen molar-refractivity contribution in [1.29, 1.82) is 0 Å². The van der Waals surface area contributed by atoms with Crippen LogP contribution in [0, 0.1) is 24.5 Å². The summed E-state index contributed by atoms with van der Waals surface area (Å²) >= 11 is 0. The Balaban J connectivity index is 1.51. The molecule has 7 heteroatoms. The number of hydrogen-bond acceptors (Lipinski definition) is 4. The van der Waals surface area contributed by atoms with Gasteiger partial charge in [0, 0.05) is 17.0 Å². The summed E-state index contributed by atoms with van der Waals surface area (Å²) < 4.78 is 39.2. The maximum atomic E-state index is 14.0. The highest BCUT2D eigenvalue weighted by atomic mass is 19.1. The average molecular weight is 439 g/mol. The SMILES string of the molecule is Cc1c(C(=O)Nc2ccc(F)cc2F)oc2ccc3c(c12)C(=O)CC1(CCC(C)CC1)O3. The van der Waals surface area contributed by atoms with Gasteiger partial charge in [-0.15, -0.1) is 0 Å². The topological polar surface area (TPSA) is 68.5 Å². The molecule has 32 heavy (non-hydrogen) atoms. The number of ether oxygens (including phenoxy) is 1. The van der Waals surface area contributed by atoms with Crippen molar-refractivity contribution in [1.82, 2.24) is 0 Å². The molecule has 5 rings (SSSR count). The fraction of sp³-hybridized carbons (Fsp3) is 0.360. The van der Waals surface area contributed by atoms with E-state index in [1.54, 1.807) is 19.1 Å². The van der Waals surface area contributed by atoms with Gasteiger partial charge >= 0.3 is 0 Å². The second-order valence-corrected chi connectivity index (χ2v) is 9.01. The summed E-state index contributed by atoms with van der Waals surface area (Å²) in [5.41, 5.74) is 0.673. The monoisotopic (exact) mass is 439 g/mol. The van der Waals surface area contributed by atoms with E-state index in [1.807, 2.05) is 0 Å². The molecule has 1 amide bonds. The van der Waals surface area contributed by atoms with Crippen LogP contribution in [-0.4, -0.2) is 17.3 Å². The summed E-state index contributed by atoms with van der Waals surface area (Å²) in [6.07, 6.45) is 4.05. The van der Waals surface area contributed by atoms with Crippen LogP contribution in [0.4, 0.5) is 14.5 Å². The maximum absolute atomic E-state index is 14.0. The van der Waals surface area contributed by atoms with Crippen molar-refractivity contribution in [2.75, 3.05) is 5.32 Å². The fourth-order valence-corrected chi connectivity index (χ4v) is 4.89. The number of anilines is 1. The number of aryl methyl sites for hydroxylation is 1. The molecule has 2 heterocycles. The number of amides is 1. The molecule has 0 atom stereocenters. The summed E-state index contributed by atoms with van der Waals surface area (Å²) in [7, 11) is 0. The molecule has 1 fully saturated rings. The zero-order valence-electron chi connectivity index (χ0n) is 17.9. The second-order valence-electron chi connectivity index (χ2n) is 9.01. The smallest absolute Gasteiger partial charge is 0.291 e. The van der Waals surface area contributed by atoms with Gasteiger partial charge in [0.05, 0.1) is 17.7 Å². The molecule has 1 aliphatic carbocycles. The quantitative estimate of drug-likeness (QED) is 0.517. The second kappa shape index (κ2) is 7.43. The summed E-state index contributed by atoms with van der Waals surface area (Å²) in [4.78, 5) is 26.0. The number of rotatable bonds is 2. The maximum Gasteiger partial charge on any atom is 0.291 e. The number of fused-ring (bicyclic) bond motifs is 3. The number of hydrogen-bond donors (Lipinski definition) is 1. The Morgan fingerprint density at radius 3 is 2.62 bits per heavy atom. The molecular formula is C25H23F2NO4. The minimum absolute atomic E-state index is 0.0214. The number of Topliss-reactive ketones (excluding diaryl/α,β-unsaturated/α-hetero) is 1. The van der Waals surface area contributed by atoms with E-state index in [0.717, 1.165) is 37.8 Å². The molecule has 1 aliphatic heterocycles. The molecule has 2 aliphatic rings. The zero-order chi connectivity index (χ0) is 22.6. The van der Waals surface area contributed by atoms with Crippen LogP contribution < -0.4 is 10.1 Å². The third-order valence-electron chi connectivity index (χ3n) is 6.72. The molecule has 0 bridgehead atoms. The largest absolute Gasteiger partial charge is 0.486 e. The first-order chi connectivity index (χ1) is 15.3. The lowest BCUT2D eigenvalue weighted by Crippen LogP contribution is -2.44. The normalized spacial score (nSPS) is 22.6. The average Bonchev–Trinajstić information content (AvgIpc) is 3.09. The zero-order valence-corrected chi connectivity index (χ0v) is 17.9. The van der Waals surface area contributed by atoms with E-state index in [9.17, 15) is 18.4 Å². The van der Waals surface area contributed by atoms with Crippen molar-refractivity contribution < 1.29 is 27.5 Å². The van der Waals surface area contributed by atoms with Gasteiger partial charge in [-0.1, -0.05) is 6.92 Å². The lowest BCUT2D eigenvalue weighted by molar-refractivity contribution is 0.00430. The van der Waals surface area contributed by atoms with Crippen LogP contribution in [0.25, 0.3) is 11.0 Å². The van der Waals surface area contributed by atoms with Gasteiger partial charge in [-0.3, -0.25) is 9.59 Å². The summed E-state index contributed by atoms with van der Waals surface area (Å²) in [5, 5.41) is 2.95. The number of ketones is 1. The molecule has 5 nitrogen and oxygen atoms in total. The number of halogens is 2. The van der Waals surface area contributed by atoms with Crippen LogP contribution >= 0.6 is 0 Å². The Bertz CT molecular complexity index is 1250. The fourth-order valence-electron chi connectivity index (χ4n) is 4.89. The lowest BCUT2D eigenvalue weighted by atomic mass is 9.74. The third kappa shape index (κ3) is 3.36.